The molecule has 7 nitrogen and oxygen atoms in total. The smallest absolute Gasteiger partial charge is 0.275 e. The molecular weight excluding hydrogens is 268 g/mol. The number of thioether (sulfide) groups is 1. The number of rotatable bonds is 1. The summed E-state index contributed by atoms with van der Waals surface area (Å²) in [6.07, 6.45) is 0. The van der Waals surface area contributed by atoms with Crippen molar-refractivity contribution in [2.45, 2.75) is 0 Å². The van der Waals surface area contributed by atoms with Crippen LogP contribution in [0.5, 0.6) is 11.8 Å². The largest absolute Gasteiger partial charge is 0.493 e. The van der Waals surface area contributed by atoms with Gasteiger partial charge in [-0.2, -0.15) is 4.68 Å². The van der Waals surface area contributed by atoms with Crippen molar-refractivity contribution in [3.8, 4) is 11.8 Å². The maximum Gasteiger partial charge on any atom is 0.275 e. The number of amidine groups is 1. The lowest BCUT2D eigenvalue weighted by atomic mass is 10.2. The number of nitrogens with zero attached hydrogens (tertiary/aromatic N) is 4. The number of amides is 1. The molecule has 0 spiro atoms. The average Bonchev–Trinajstić information content (AvgIpc) is 2.67. The van der Waals surface area contributed by atoms with E-state index in [1.165, 1.54) is 0 Å². The molecule has 0 atom stereocenters. The summed E-state index contributed by atoms with van der Waals surface area (Å²) >= 11 is 1.09. The number of benzene rings is 1. The molecule has 0 bridgehead atoms. The highest BCUT2D eigenvalue weighted by Crippen LogP contribution is 2.36. The monoisotopic (exact) mass is 276 g/mol. The summed E-state index contributed by atoms with van der Waals surface area (Å²) in [4.78, 5) is 10.9. The SMILES string of the molecule is O=C1CS/C(=N/n2c(O)c3ccccc3c2O)N=N1. The first kappa shape index (κ1) is 11.7. The predicted octanol–water partition coefficient (Wildman–Crippen LogP) is 1.90. The molecule has 0 fully saturated rings. The van der Waals surface area contributed by atoms with Gasteiger partial charge in [0, 0.05) is 10.8 Å². The summed E-state index contributed by atoms with van der Waals surface area (Å²) in [7, 11) is 0. The molecule has 1 aliphatic heterocycles. The normalized spacial score (nSPS) is 17.5. The van der Waals surface area contributed by atoms with E-state index in [2.05, 4.69) is 15.3 Å². The minimum Gasteiger partial charge on any atom is -0.493 e. The summed E-state index contributed by atoms with van der Waals surface area (Å²) in [5.74, 6) is -0.568. The third kappa shape index (κ3) is 1.95. The number of aromatic hydroxyl groups is 2. The number of hydrogen-bond donors (Lipinski definition) is 2. The number of hydrogen-bond acceptors (Lipinski definition) is 5. The first-order chi connectivity index (χ1) is 9.16. The van der Waals surface area contributed by atoms with E-state index in [0.29, 0.717) is 10.8 Å². The first-order valence-corrected chi connectivity index (χ1v) is 6.33. The Morgan fingerprint density at radius 3 is 2.32 bits per heavy atom. The van der Waals surface area contributed by atoms with Crippen LogP contribution in [0, 0.1) is 0 Å². The van der Waals surface area contributed by atoms with Crippen molar-refractivity contribution in [1.82, 2.24) is 4.68 Å². The molecule has 8 heteroatoms. The van der Waals surface area contributed by atoms with E-state index in [4.69, 9.17) is 0 Å². The molecule has 2 N–H and O–H groups in total. The Hall–Kier alpha value is -2.35. The molecule has 19 heavy (non-hydrogen) atoms. The highest BCUT2D eigenvalue weighted by molar-refractivity contribution is 8.14. The van der Waals surface area contributed by atoms with E-state index in [1.54, 1.807) is 24.3 Å². The Bertz CT molecular complexity index is 696. The van der Waals surface area contributed by atoms with Crippen LogP contribution in [-0.4, -0.2) is 31.7 Å². The van der Waals surface area contributed by atoms with Gasteiger partial charge in [0.15, 0.2) is 0 Å². The lowest BCUT2D eigenvalue weighted by molar-refractivity contribution is -0.115. The third-order valence-corrected chi connectivity index (χ3v) is 3.38. The highest BCUT2D eigenvalue weighted by Gasteiger charge is 2.17. The summed E-state index contributed by atoms with van der Waals surface area (Å²) in [5, 5.41) is 32.1. The van der Waals surface area contributed by atoms with Crippen LogP contribution in [0.4, 0.5) is 0 Å². The van der Waals surface area contributed by atoms with Gasteiger partial charge in [-0.1, -0.05) is 23.9 Å². The van der Waals surface area contributed by atoms with E-state index in [1.807, 2.05) is 0 Å². The van der Waals surface area contributed by atoms with Crippen molar-refractivity contribution in [2.75, 3.05) is 5.75 Å². The number of carbonyl (C=O) groups is 1. The van der Waals surface area contributed by atoms with Gasteiger partial charge in [0.05, 0.1) is 5.75 Å². The summed E-state index contributed by atoms with van der Waals surface area (Å²) in [6, 6.07) is 6.82. The van der Waals surface area contributed by atoms with Gasteiger partial charge >= 0.3 is 0 Å². The van der Waals surface area contributed by atoms with Gasteiger partial charge in [0.25, 0.3) is 5.91 Å². The summed E-state index contributed by atoms with van der Waals surface area (Å²) < 4.78 is 0.974. The Morgan fingerprint density at radius 1 is 1.16 bits per heavy atom. The third-order valence-electron chi connectivity index (χ3n) is 2.57. The van der Waals surface area contributed by atoms with E-state index in [-0.39, 0.29) is 28.6 Å². The number of azo groups is 1. The minimum absolute atomic E-state index is 0.143. The maximum absolute atomic E-state index is 10.9. The van der Waals surface area contributed by atoms with E-state index in [0.717, 1.165) is 16.4 Å². The Labute approximate surface area is 111 Å². The van der Waals surface area contributed by atoms with E-state index < -0.39 is 0 Å². The van der Waals surface area contributed by atoms with Crippen LogP contribution in [0.2, 0.25) is 0 Å². The quantitative estimate of drug-likeness (QED) is 0.830. The Kier molecular flexibility index (Phi) is 2.71. The fourth-order valence-corrected chi connectivity index (χ4v) is 2.26. The minimum atomic E-state index is -0.338. The second kappa shape index (κ2) is 4.39. The molecule has 1 aromatic heterocycles. The second-order valence-electron chi connectivity index (χ2n) is 3.77. The maximum atomic E-state index is 10.9. The molecule has 0 saturated heterocycles. The van der Waals surface area contributed by atoms with Crippen LogP contribution in [0.15, 0.2) is 39.6 Å². The van der Waals surface area contributed by atoms with E-state index >= 15 is 0 Å². The molecule has 3 rings (SSSR count). The first-order valence-electron chi connectivity index (χ1n) is 5.34. The lowest BCUT2D eigenvalue weighted by Gasteiger charge is -2.04. The van der Waals surface area contributed by atoms with Crippen LogP contribution >= 0.6 is 11.8 Å². The molecule has 0 unspecified atom stereocenters. The Morgan fingerprint density at radius 2 is 1.79 bits per heavy atom. The highest BCUT2D eigenvalue weighted by atomic mass is 32.2. The van der Waals surface area contributed by atoms with Crippen molar-refractivity contribution in [2.24, 2.45) is 15.3 Å². The predicted molar refractivity (Wildman–Crippen MR) is 70.4 cm³/mol. The fraction of sp³-hybridized carbons (Fsp3) is 0.0909. The van der Waals surface area contributed by atoms with E-state index in [9.17, 15) is 15.0 Å². The van der Waals surface area contributed by atoms with Gasteiger partial charge in [-0.05, 0) is 12.1 Å². The molecule has 2 aromatic rings. The molecule has 96 valence electrons. The van der Waals surface area contributed by atoms with Crippen molar-refractivity contribution in [3.63, 3.8) is 0 Å². The van der Waals surface area contributed by atoms with Gasteiger partial charge in [0.2, 0.25) is 16.9 Å². The van der Waals surface area contributed by atoms with Crippen LogP contribution in [0.3, 0.4) is 0 Å². The zero-order valence-electron chi connectivity index (χ0n) is 9.52. The zero-order valence-corrected chi connectivity index (χ0v) is 10.3. The number of carbonyl (C=O) groups excluding carboxylic acids is 1. The van der Waals surface area contributed by atoms with Crippen molar-refractivity contribution in [3.05, 3.63) is 24.3 Å². The molecular formula is C11H8N4O3S. The standard InChI is InChI=1S/C11H8N4O3S/c16-8-5-19-11(13-12-8)14-15-9(17)6-3-1-2-4-7(6)10(15)18/h1-4,17-18H,5H2/b14-11+. The van der Waals surface area contributed by atoms with Gasteiger partial charge in [-0.3, -0.25) is 4.79 Å². The molecule has 1 aliphatic rings. The van der Waals surface area contributed by atoms with Crippen LogP contribution < -0.4 is 0 Å². The van der Waals surface area contributed by atoms with Crippen molar-refractivity contribution >= 4 is 33.6 Å². The van der Waals surface area contributed by atoms with Gasteiger partial charge in [-0.25, -0.2) is 0 Å². The van der Waals surface area contributed by atoms with Crippen LogP contribution in [0.25, 0.3) is 10.8 Å². The molecule has 2 heterocycles. The average molecular weight is 276 g/mol. The summed E-state index contributed by atoms with van der Waals surface area (Å²) in [6.45, 7) is 0. The van der Waals surface area contributed by atoms with Gasteiger partial charge in [0.1, 0.15) is 0 Å². The van der Waals surface area contributed by atoms with Gasteiger partial charge in [-0.15, -0.1) is 15.3 Å². The lowest BCUT2D eigenvalue weighted by Crippen LogP contribution is -2.07. The van der Waals surface area contributed by atoms with Gasteiger partial charge < -0.3 is 10.2 Å². The van der Waals surface area contributed by atoms with Crippen LogP contribution in [-0.2, 0) is 4.79 Å². The topological polar surface area (TPSA) is 99.5 Å². The molecule has 1 amide bonds. The fourth-order valence-electron chi connectivity index (χ4n) is 1.71. The zero-order chi connectivity index (χ0) is 13.4. The second-order valence-corrected chi connectivity index (χ2v) is 4.71. The molecule has 0 saturated carbocycles. The van der Waals surface area contributed by atoms with Crippen LogP contribution in [0.1, 0.15) is 0 Å². The number of fused-ring (bicyclic) bond motifs is 1. The van der Waals surface area contributed by atoms with Crippen molar-refractivity contribution in [1.29, 1.82) is 0 Å². The summed E-state index contributed by atoms with van der Waals surface area (Å²) in [5.41, 5.74) is 0. The molecule has 1 aromatic carbocycles. The number of aromatic nitrogens is 1. The van der Waals surface area contributed by atoms with Crippen molar-refractivity contribution < 1.29 is 15.0 Å². The molecule has 0 radical (unpaired) electrons. The Balaban J connectivity index is 2.13. The molecule has 0 aliphatic carbocycles.